The zero-order valence-corrected chi connectivity index (χ0v) is 17.5. The summed E-state index contributed by atoms with van der Waals surface area (Å²) >= 11 is 0. The third-order valence-corrected chi connectivity index (χ3v) is 5.40. The minimum absolute atomic E-state index is 0.00642. The summed E-state index contributed by atoms with van der Waals surface area (Å²) in [5, 5.41) is 2.80. The number of ether oxygens (including phenoxy) is 1. The standard InChI is InChI=1S/C23H24FN5O2/c1-3-18-20(15-5-7-19(25)26-9-15)21(29-13-28-18)14-4-6-16(17(24)8-14)22(30)27-10-23(2)11-31-12-23/h4-9,13H,3,10-12H2,1-2H3,(H2,25,26)(H,27,30). The number of hydrogen-bond acceptors (Lipinski definition) is 6. The number of hydrogen-bond donors (Lipinski definition) is 2. The lowest BCUT2D eigenvalue weighted by molar-refractivity contribution is -0.0978. The van der Waals surface area contributed by atoms with Crippen LogP contribution in [0.2, 0.25) is 0 Å². The van der Waals surface area contributed by atoms with Gasteiger partial charge in [-0.25, -0.2) is 19.3 Å². The molecule has 1 fully saturated rings. The van der Waals surface area contributed by atoms with Crippen molar-refractivity contribution in [3.05, 3.63) is 59.9 Å². The summed E-state index contributed by atoms with van der Waals surface area (Å²) in [4.78, 5) is 25.4. The quantitative estimate of drug-likeness (QED) is 0.633. The van der Waals surface area contributed by atoms with Gasteiger partial charge in [-0.05, 0) is 30.7 Å². The summed E-state index contributed by atoms with van der Waals surface area (Å²) in [5.41, 5.74) is 9.12. The maximum atomic E-state index is 14.9. The van der Waals surface area contributed by atoms with E-state index in [2.05, 4.69) is 20.3 Å². The molecule has 3 aromatic rings. The van der Waals surface area contributed by atoms with Crippen molar-refractivity contribution >= 4 is 11.7 Å². The van der Waals surface area contributed by atoms with E-state index >= 15 is 0 Å². The summed E-state index contributed by atoms with van der Waals surface area (Å²) in [7, 11) is 0. The Morgan fingerprint density at radius 2 is 1.97 bits per heavy atom. The van der Waals surface area contributed by atoms with Gasteiger partial charge in [-0.3, -0.25) is 4.79 Å². The topological polar surface area (TPSA) is 103 Å². The molecular weight excluding hydrogens is 397 g/mol. The SMILES string of the molecule is CCc1ncnc(-c2ccc(C(=O)NCC3(C)COC3)c(F)c2)c1-c1ccc(N)nc1. The molecule has 1 saturated heterocycles. The number of halogens is 1. The molecule has 7 nitrogen and oxygen atoms in total. The van der Waals surface area contributed by atoms with E-state index in [-0.39, 0.29) is 11.0 Å². The molecular formula is C23H24FN5O2. The summed E-state index contributed by atoms with van der Waals surface area (Å²) in [6, 6.07) is 8.05. The molecule has 1 amide bonds. The molecule has 3 heterocycles. The first kappa shape index (κ1) is 20.9. The molecule has 0 unspecified atom stereocenters. The van der Waals surface area contributed by atoms with Crippen LogP contribution in [0.4, 0.5) is 10.2 Å². The molecule has 0 saturated carbocycles. The minimum Gasteiger partial charge on any atom is -0.384 e. The first-order valence-electron chi connectivity index (χ1n) is 10.1. The normalized spacial score (nSPS) is 14.7. The summed E-state index contributed by atoms with van der Waals surface area (Å²) in [6.45, 7) is 5.62. The lowest BCUT2D eigenvalue weighted by Crippen LogP contribution is -2.48. The summed E-state index contributed by atoms with van der Waals surface area (Å²) in [5.74, 6) is -0.649. The number of benzene rings is 1. The number of nitrogens with one attached hydrogen (secondary N) is 1. The summed E-state index contributed by atoms with van der Waals surface area (Å²) < 4.78 is 20.1. The third kappa shape index (κ3) is 4.25. The highest BCUT2D eigenvalue weighted by Gasteiger charge is 2.33. The number of rotatable bonds is 6. The molecule has 2 aromatic heterocycles. The van der Waals surface area contributed by atoms with Gasteiger partial charge in [0.05, 0.1) is 30.2 Å². The fraction of sp³-hybridized carbons (Fsp3) is 0.304. The zero-order chi connectivity index (χ0) is 22.0. The maximum Gasteiger partial charge on any atom is 0.254 e. The van der Waals surface area contributed by atoms with Gasteiger partial charge in [0, 0.05) is 34.8 Å². The number of nitrogen functional groups attached to an aromatic ring is 1. The van der Waals surface area contributed by atoms with Gasteiger partial charge in [0.1, 0.15) is 18.0 Å². The molecule has 31 heavy (non-hydrogen) atoms. The molecule has 1 aliphatic rings. The molecule has 0 radical (unpaired) electrons. The van der Waals surface area contributed by atoms with Gasteiger partial charge >= 0.3 is 0 Å². The van der Waals surface area contributed by atoms with Crippen LogP contribution < -0.4 is 11.1 Å². The average molecular weight is 421 g/mol. The minimum atomic E-state index is -0.608. The van der Waals surface area contributed by atoms with Crippen LogP contribution in [-0.2, 0) is 11.2 Å². The number of pyridine rings is 1. The average Bonchev–Trinajstić information content (AvgIpc) is 2.76. The van der Waals surface area contributed by atoms with Crippen LogP contribution in [0.1, 0.15) is 29.9 Å². The van der Waals surface area contributed by atoms with E-state index < -0.39 is 11.7 Å². The number of carbonyl (C=O) groups excluding carboxylic acids is 1. The molecule has 1 aromatic carbocycles. The molecule has 0 atom stereocenters. The van der Waals surface area contributed by atoms with Crippen molar-refractivity contribution in [1.82, 2.24) is 20.3 Å². The molecule has 0 spiro atoms. The lowest BCUT2D eigenvalue weighted by Gasteiger charge is -2.38. The van der Waals surface area contributed by atoms with Crippen LogP contribution in [0, 0.1) is 11.2 Å². The van der Waals surface area contributed by atoms with E-state index in [1.165, 1.54) is 18.5 Å². The van der Waals surface area contributed by atoms with E-state index in [4.69, 9.17) is 10.5 Å². The smallest absolute Gasteiger partial charge is 0.254 e. The van der Waals surface area contributed by atoms with E-state index in [9.17, 15) is 9.18 Å². The summed E-state index contributed by atoms with van der Waals surface area (Å²) in [6.07, 6.45) is 3.78. The molecule has 8 heteroatoms. The Balaban J connectivity index is 1.66. The largest absolute Gasteiger partial charge is 0.384 e. The van der Waals surface area contributed by atoms with Gasteiger partial charge in [0.2, 0.25) is 0 Å². The van der Waals surface area contributed by atoms with Crippen LogP contribution in [0.25, 0.3) is 22.4 Å². The first-order valence-corrected chi connectivity index (χ1v) is 10.1. The van der Waals surface area contributed by atoms with Crippen molar-refractivity contribution in [2.45, 2.75) is 20.3 Å². The number of anilines is 1. The molecule has 4 rings (SSSR count). The highest BCUT2D eigenvalue weighted by Crippen LogP contribution is 2.33. The van der Waals surface area contributed by atoms with Crippen LogP contribution in [-0.4, -0.2) is 40.6 Å². The Kier molecular flexibility index (Phi) is 5.65. The van der Waals surface area contributed by atoms with Crippen molar-refractivity contribution in [2.24, 2.45) is 5.41 Å². The van der Waals surface area contributed by atoms with Gasteiger partial charge in [-0.2, -0.15) is 0 Å². The van der Waals surface area contributed by atoms with Crippen LogP contribution in [0.3, 0.4) is 0 Å². The van der Waals surface area contributed by atoms with Gasteiger partial charge in [-0.15, -0.1) is 0 Å². The molecule has 160 valence electrons. The number of carbonyl (C=O) groups is 1. The number of aromatic nitrogens is 3. The Bertz CT molecular complexity index is 1110. The predicted octanol–water partition coefficient (Wildman–Crippen LogP) is 3.26. The van der Waals surface area contributed by atoms with Gasteiger partial charge in [0.25, 0.3) is 5.91 Å². The van der Waals surface area contributed by atoms with Gasteiger partial charge in [0.15, 0.2) is 0 Å². The number of amides is 1. The van der Waals surface area contributed by atoms with Crippen molar-refractivity contribution in [3.63, 3.8) is 0 Å². The molecule has 0 bridgehead atoms. The van der Waals surface area contributed by atoms with E-state index in [1.54, 1.807) is 18.3 Å². The van der Waals surface area contributed by atoms with Crippen molar-refractivity contribution in [2.75, 3.05) is 25.5 Å². The Morgan fingerprint density at radius 3 is 2.58 bits per heavy atom. The Labute approximate surface area is 179 Å². The molecule has 1 aliphatic heterocycles. The van der Waals surface area contributed by atoms with E-state index in [0.717, 1.165) is 16.8 Å². The number of nitrogens with zero attached hydrogens (tertiary/aromatic N) is 3. The lowest BCUT2D eigenvalue weighted by atomic mass is 9.88. The highest BCUT2D eigenvalue weighted by molar-refractivity contribution is 5.95. The van der Waals surface area contributed by atoms with Gasteiger partial charge in [-0.1, -0.05) is 19.9 Å². The molecule has 3 N–H and O–H groups in total. The van der Waals surface area contributed by atoms with Crippen LogP contribution in [0.15, 0.2) is 42.9 Å². The van der Waals surface area contributed by atoms with Crippen molar-refractivity contribution in [1.29, 1.82) is 0 Å². The zero-order valence-electron chi connectivity index (χ0n) is 17.5. The second kappa shape index (κ2) is 8.39. The second-order valence-electron chi connectivity index (χ2n) is 8.05. The van der Waals surface area contributed by atoms with E-state index in [0.29, 0.717) is 43.3 Å². The number of nitrogens with two attached hydrogens (primary N) is 1. The van der Waals surface area contributed by atoms with E-state index in [1.807, 2.05) is 19.9 Å². The predicted molar refractivity (Wildman–Crippen MR) is 116 cm³/mol. The van der Waals surface area contributed by atoms with Crippen molar-refractivity contribution < 1.29 is 13.9 Å². The number of aryl methyl sites for hydroxylation is 1. The third-order valence-electron chi connectivity index (χ3n) is 5.40. The second-order valence-corrected chi connectivity index (χ2v) is 8.05. The molecule has 0 aliphatic carbocycles. The van der Waals surface area contributed by atoms with Gasteiger partial charge < -0.3 is 15.8 Å². The Hall–Kier alpha value is -3.39. The maximum absolute atomic E-state index is 14.9. The van der Waals surface area contributed by atoms with Crippen LogP contribution >= 0.6 is 0 Å². The monoisotopic (exact) mass is 421 g/mol. The Morgan fingerprint density at radius 1 is 1.19 bits per heavy atom. The fourth-order valence-corrected chi connectivity index (χ4v) is 3.55. The van der Waals surface area contributed by atoms with Crippen LogP contribution in [0.5, 0.6) is 0 Å². The fourth-order valence-electron chi connectivity index (χ4n) is 3.55. The first-order chi connectivity index (χ1) is 14.9. The van der Waals surface area contributed by atoms with Crippen molar-refractivity contribution in [3.8, 4) is 22.4 Å². The highest BCUT2D eigenvalue weighted by atomic mass is 19.1.